The molecular formula is C12H6F6O. The third-order valence-electron chi connectivity index (χ3n) is 2.40. The fraction of sp³-hybridized carbons (Fsp3) is 0.167. The van der Waals surface area contributed by atoms with E-state index in [1.54, 1.807) is 0 Å². The predicted molar refractivity (Wildman–Crippen MR) is 55.2 cm³/mol. The molecule has 0 fully saturated rings. The van der Waals surface area contributed by atoms with Crippen LogP contribution in [0.3, 0.4) is 0 Å². The van der Waals surface area contributed by atoms with Gasteiger partial charge in [-0.15, -0.1) is 13.2 Å². The predicted octanol–water partition coefficient (Wildman–Crippen LogP) is 4.46. The van der Waals surface area contributed by atoms with Crippen LogP contribution in [0.4, 0.5) is 26.3 Å². The van der Waals surface area contributed by atoms with Crippen molar-refractivity contribution < 1.29 is 31.1 Å². The number of fused-ring (bicyclic) bond motifs is 1. The largest absolute Gasteiger partial charge is 0.573 e. The molecule has 0 aliphatic rings. The highest BCUT2D eigenvalue weighted by molar-refractivity contribution is 5.86. The van der Waals surface area contributed by atoms with E-state index in [0.29, 0.717) is 11.6 Å². The van der Waals surface area contributed by atoms with E-state index in [1.165, 1.54) is 13.0 Å². The number of alkyl halides is 3. The highest BCUT2D eigenvalue weighted by Crippen LogP contribution is 2.35. The minimum atomic E-state index is -5.27. The molecule has 102 valence electrons. The van der Waals surface area contributed by atoms with Crippen LogP contribution in [0.15, 0.2) is 18.2 Å². The van der Waals surface area contributed by atoms with E-state index in [0.717, 1.165) is 6.07 Å². The molecule has 0 atom stereocenters. The van der Waals surface area contributed by atoms with Gasteiger partial charge >= 0.3 is 6.36 Å². The molecule has 0 aliphatic heterocycles. The maximum absolute atomic E-state index is 13.7. The second kappa shape index (κ2) is 4.32. The third kappa shape index (κ3) is 2.59. The minimum Gasteiger partial charge on any atom is -0.399 e. The Balaban J connectivity index is 2.74. The van der Waals surface area contributed by atoms with Crippen LogP contribution in [0.1, 0.15) is 5.56 Å². The van der Waals surface area contributed by atoms with Gasteiger partial charge in [0.05, 0.1) is 5.39 Å². The van der Waals surface area contributed by atoms with E-state index < -0.39 is 34.9 Å². The summed E-state index contributed by atoms with van der Waals surface area (Å²) in [5, 5.41) is -0.923. The molecule has 0 unspecified atom stereocenters. The van der Waals surface area contributed by atoms with E-state index >= 15 is 0 Å². The van der Waals surface area contributed by atoms with Crippen molar-refractivity contribution in [2.24, 2.45) is 0 Å². The van der Waals surface area contributed by atoms with Crippen molar-refractivity contribution in [3.8, 4) is 5.75 Å². The smallest absolute Gasteiger partial charge is 0.399 e. The zero-order valence-corrected chi connectivity index (χ0v) is 9.41. The summed E-state index contributed by atoms with van der Waals surface area (Å²) in [5.74, 6) is -6.01. The maximum Gasteiger partial charge on any atom is 0.573 e. The molecule has 0 heterocycles. The lowest BCUT2D eigenvalue weighted by Gasteiger charge is -2.12. The van der Waals surface area contributed by atoms with Gasteiger partial charge in [0.25, 0.3) is 0 Å². The Morgan fingerprint density at radius 3 is 2.16 bits per heavy atom. The van der Waals surface area contributed by atoms with Crippen LogP contribution in [0.25, 0.3) is 10.8 Å². The van der Waals surface area contributed by atoms with Gasteiger partial charge in [0.1, 0.15) is 5.82 Å². The normalized spacial score (nSPS) is 11.9. The molecule has 0 bridgehead atoms. The van der Waals surface area contributed by atoms with Gasteiger partial charge in [-0.2, -0.15) is 0 Å². The highest BCUT2D eigenvalue weighted by atomic mass is 19.4. The van der Waals surface area contributed by atoms with Gasteiger partial charge in [-0.1, -0.05) is 6.07 Å². The van der Waals surface area contributed by atoms with Crippen LogP contribution in [-0.2, 0) is 0 Å². The first-order valence-corrected chi connectivity index (χ1v) is 5.02. The second-order valence-corrected chi connectivity index (χ2v) is 3.89. The van der Waals surface area contributed by atoms with Crippen LogP contribution in [-0.4, -0.2) is 6.36 Å². The van der Waals surface area contributed by atoms with E-state index in [9.17, 15) is 26.3 Å². The fourth-order valence-electron chi connectivity index (χ4n) is 1.74. The van der Waals surface area contributed by atoms with E-state index in [1.807, 2.05) is 0 Å². The Morgan fingerprint density at radius 2 is 1.58 bits per heavy atom. The molecule has 0 amide bonds. The quantitative estimate of drug-likeness (QED) is 0.700. The zero-order valence-electron chi connectivity index (χ0n) is 9.41. The topological polar surface area (TPSA) is 9.23 Å². The first kappa shape index (κ1) is 13.5. The van der Waals surface area contributed by atoms with Gasteiger partial charge in [0, 0.05) is 0 Å². The Labute approximate surface area is 103 Å². The molecule has 19 heavy (non-hydrogen) atoms. The Kier molecular flexibility index (Phi) is 3.07. The van der Waals surface area contributed by atoms with Crippen LogP contribution in [0.2, 0.25) is 0 Å². The molecule has 0 aliphatic carbocycles. The van der Waals surface area contributed by atoms with E-state index in [2.05, 4.69) is 4.74 Å². The number of aryl methyl sites for hydroxylation is 1. The molecule has 1 nitrogen and oxygen atoms in total. The van der Waals surface area contributed by atoms with Crippen molar-refractivity contribution in [3.05, 3.63) is 41.2 Å². The SMILES string of the molecule is Cc1cc(F)c2c(F)c(OC(F)(F)F)c(F)cc2c1. The van der Waals surface area contributed by atoms with Crippen molar-refractivity contribution in [3.63, 3.8) is 0 Å². The molecule has 0 saturated heterocycles. The minimum absolute atomic E-state index is 0.179. The number of hydrogen-bond donors (Lipinski definition) is 0. The van der Waals surface area contributed by atoms with Crippen molar-refractivity contribution in [2.45, 2.75) is 13.3 Å². The van der Waals surface area contributed by atoms with Crippen molar-refractivity contribution in [1.29, 1.82) is 0 Å². The monoisotopic (exact) mass is 280 g/mol. The molecule has 0 N–H and O–H groups in total. The number of halogens is 6. The Bertz CT molecular complexity index is 647. The second-order valence-electron chi connectivity index (χ2n) is 3.89. The van der Waals surface area contributed by atoms with Gasteiger partial charge in [0.2, 0.25) is 5.75 Å². The first-order valence-electron chi connectivity index (χ1n) is 5.02. The van der Waals surface area contributed by atoms with Crippen molar-refractivity contribution in [1.82, 2.24) is 0 Å². The average molecular weight is 280 g/mol. The maximum atomic E-state index is 13.7. The summed E-state index contributed by atoms with van der Waals surface area (Å²) in [6, 6.07) is 2.78. The van der Waals surface area contributed by atoms with Crippen LogP contribution in [0, 0.1) is 24.4 Å². The summed E-state index contributed by atoms with van der Waals surface area (Å²) in [5.41, 5.74) is 0.383. The lowest BCUT2D eigenvalue weighted by molar-refractivity contribution is -0.276. The molecular weight excluding hydrogens is 274 g/mol. The lowest BCUT2D eigenvalue weighted by Crippen LogP contribution is -2.19. The van der Waals surface area contributed by atoms with Gasteiger partial charge in [-0.3, -0.25) is 0 Å². The summed E-state index contributed by atoms with van der Waals surface area (Å²) in [6.07, 6.45) is -5.27. The first-order chi connectivity index (χ1) is 8.69. The average Bonchev–Trinajstić information content (AvgIpc) is 2.21. The molecule has 7 heteroatoms. The van der Waals surface area contributed by atoms with Crippen LogP contribution < -0.4 is 4.74 Å². The van der Waals surface area contributed by atoms with E-state index in [-0.39, 0.29) is 5.39 Å². The van der Waals surface area contributed by atoms with Crippen LogP contribution >= 0.6 is 0 Å². The van der Waals surface area contributed by atoms with Gasteiger partial charge in [-0.05, 0) is 30.0 Å². The molecule has 2 aromatic rings. The zero-order chi connectivity index (χ0) is 14.4. The lowest BCUT2D eigenvalue weighted by atomic mass is 10.1. The summed E-state index contributed by atoms with van der Waals surface area (Å²) < 4.78 is 80.0. The molecule has 0 radical (unpaired) electrons. The standard InChI is InChI=1S/C12H6F6O/c1-5-2-6-4-8(14)11(19-12(16,17)18)10(15)9(6)7(13)3-5/h2-4H,1H3. The summed E-state index contributed by atoms with van der Waals surface area (Å²) in [7, 11) is 0. The Morgan fingerprint density at radius 1 is 0.947 bits per heavy atom. The molecule has 2 rings (SSSR count). The van der Waals surface area contributed by atoms with Gasteiger partial charge in [-0.25, -0.2) is 13.2 Å². The van der Waals surface area contributed by atoms with Crippen molar-refractivity contribution in [2.75, 3.05) is 0 Å². The van der Waals surface area contributed by atoms with Gasteiger partial charge < -0.3 is 4.74 Å². The van der Waals surface area contributed by atoms with E-state index in [4.69, 9.17) is 0 Å². The molecule has 2 aromatic carbocycles. The molecule has 0 saturated carbocycles. The fourth-order valence-corrected chi connectivity index (χ4v) is 1.74. The third-order valence-corrected chi connectivity index (χ3v) is 2.40. The summed E-state index contributed by atoms with van der Waals surface area (Å²) >= 11 is 0. The molecule has 0 aromatic heterocycles. The number of ether oxygens (including phenoxy) is 1. The van der Waals surface area contributed by atoms with Crippen molar-refractivity contribution >= 4 is 10.8 Å². The summed E-state index contributed by atoms with van der Waals surface area (Å²) in [6.45, 7) is 1.48. The van der Waals surface area contributed by atoms with Crippen LogP contribution in [0.5, 0.6) is 5.75 Å². The number of benzene rings is 2. The highest BCUT2D eigenvalue weighted by Gasteiger charge is 2.34. The van der Waals surface area contributed by atoms with Gasteiger partial charge in [0.15, 0.2) is 11.6 Å². The molecule has 0 spiro atoms. The summed E-state index contributed by atoms with van der Waals surface area (Å²) in [4.78, 5) is 0. The number of rotatable bonds is 1. The Hall–Kier alpha value is -1.92. The number of hydrogen-bond acceptors (Lipinski definition) is 1.